The van der Waals surface area contributed by atoms with Gasteiger partial charge in [0.15, 0.2) is 0 Å². The van der Waals surface area contributed by atoms with Crippen molar-refractivity contribution in [2.45, 2.75) is 247 Å². The lowest BCUT2D eigenvalue weighted by atomic mass is 9.42. The maximum atomic E-state index is 13.0. The first-order chi connectivity index (χ1) is 55.7. The maximum Gasteiger partial charge on any atom is 0.343 e. The van der Waals surface area contributed by atoms with Gasteiger partial charge in [-0.05, 0) is 375 Å². The molecule has 16 unspecified atom stereocenters. The number of ether oxygens (including phenoxy) is 4. The van der Waals surface area contributed by atoms with E-state index in [0.717, 1.165) is 118 Å². The number of rotatable bonds is 24. The molecule has 8 saturated carbocycles. The minimum Gasteiger partial charge on any atom is -0.489 e. The van der Waals surface area contributed by atoms with Gasteiger partial charge in [-0.25, -0.2) is 9.59 Å². The van der Waals surface area contributed by atoms with E-state index >= 15 is 0 Å². The lowest BCUT2D eigenvalue weighted by Gasteiger charge is -2.63. The highest BCUT2D eigenvalue weighted by atomic mass is 16.5. The molecule has 0 aliphatic heterocycles. The first kappa shape index (κ1) is 82.6. The molecule has 16 rings (SSSR count). The van der Waals surface area contributed by atoms with Crippen LogP contribution < -0.4 is 41.9 Å². The molecular formula is C106H136N4O6. The van der Waals surface area contributed by atoms with E-state index in [4.69, 9.17) is 41.9 Å². The van der Waals surface area contributed by atoms with Crippen LogP contribution in [-0.2, 0) is 24.0 Å². The van der Waals surface area contributed by atoms with E-state index in [1.807, 2.05) is 72.8 Å². The third-order valence-corrected chi connectivity index (χ3v) is 33.0. The van der Waals surface area contributed by atoms with Crippen molar-refractivity contribution < 1.29 is 28.5 Å². The molecule has 0 bridgehead atoms. The van der Waals surface area contributed by atoms with E-state index in [1.54, 1.807) is 48.5 Å². The van der Waals surface area contributed by atoms with E-state index < -0.39 is 11.9 Å². The van der Waals surface area contributed by atoms with Crippen LogP contribution >= 0.6 is 0 Å². The van der Waals surface area contributed by atoms with Crippen molar-refractivity contribution in [3.8, 4) is 23.0 Å². The van der Waals surface area contributed by atoms with Gasteiger partial charge < -0.3 is 41.9 Å². The Labute approximate surface area is 695 Å². The van der Waals surface area contributed by atoms with Crippen LogP contribution in [0, 0.1) is 105 Å². The molecule has 16 atom stereocenters. The summed E-state index contributed by atoms with van der Waals surface area (Å²) < 4.78 is 24.2. The first-order valence-corrected chi connectivity index (χ1v) is 45.3. The van der Waals surface area contributed by atoms with Crippen LogP contribution in [0.25, 0.3) is 0 Å². The zero-order chi connectivity index (χ0) is 81.3. The summed E-state index contributed by atoms with van der Waals surface area (Å²) in [6.45, 7) is 26.6. The summed E-state index contributed by atoms with van der Waals surface area (Å²) in [4.78, 5) is 26.0. The second-order valence-electron chi connectivity index (χ2n) is 40.1. The van der Waals surface area contributed by atoms with Gasteiger partial charge in [0, 0.05) is 33.6 Å². The summed E-state index contributed by atoms with van der Waals surface area (Å²) in [6.07, 6.45) is 32.1. The van der Waals surface area contributed by atoms with E-state index in [1.165, 1.54) is 164 Å². The van der Waals surface area contributed by atoms with Gasteiger partial charge in [-0.2, -0.15) is 0 Å². The number of nitrogens with two attached hydrogens (primary N) is 4. The number of carbonyl (C=O) groups is 2. The number of carbonyl (C=O) groups excluding carboxylic acids is 2. The summed E-state index contributed by atoms with van der Waals surface area (Å²) in [5, 5.41) is 0. The fourth-order valence-electron chi connectivity index (χ4n) is 26.5. The molecule has 10 heteroatoms. The molecule has 0 spiro atoms. The van der Waals surface area contributed by atoms with Crippen LogP contribution in [0.15, 0.2) is 194 Å². The molecule has 8 aliphatic rings. The summed E-state index contributed by atoms with van der Waals surface area (Å²) in [7, 11) is 0. The Morgan fingerprint density at radius 3 is 0.974 bits per heavy atom. The number of esters is 2. The lowest BCUT2D eigenvalue weighted by Crippen LogP contribution is -2.55. The highest BCUT2D eigenvalue weighted by Gasteiger charge is 2.64. The standard InChI is InChI=1S/C53H66N2O4.C53H70N2O2/c1-34(2)7-6-8-35(3)46-27-28-47-45-26-17-40-33-53(32-31-51(40,4)48(45)29-30-52(46,47)5,38-13-22-43(23-14-38)58-49(56)36-9-18-41(54)19-10-36)39-15-24-44(25-16-39)59-50(57)37-11-20-42(55)21-12-37;1-36(2)7-6-8-37(3)48-27-28-49-47-26-17-42-33-53(32-31-51(42,4)50(47)29-30-52(48,49)5,40-13-22-45(23-14-40)56-34-38-9-18-43(54)19-10-38)41-15-24-46(25-16-41)57-35-39-11-20-44(55)21-12-39/h9-16,18-25,34-35,40,45-48H,6-8,17,26-33,54-55H2,1-5H3;9-16,18-25,36-37,42,47-50H,6-8,17,26-35,54-55H2,1-5H3. The predicted octanol–water partition coefficient (Wildman–Crippen LogP) is 26.1. The van der Waals surface area contributed by atoms with Crippen LogP contribution in [0.1, 0.15) is 277 Å². The Kier molecular flexibility index (Phi) is 24.5. The highest BCUT2D eigenvalue weighted by molar-refractivity contribution is 5.92. The van der Waals surface area contributed by atoms with Crippen molar-refractivity contribution in [1.82, 2.24) is 0 Å². The second kappa shape index (κ2) is 34.4. The molecule has 8 aromatic carbocycles. The predicted molar refractivity (Wildman–Crippen MR) is 475 cm³/mol. The highest BCUT2D eigenvalue weighted by Crippen LogP contribution is 2.73. The van der Waals surface area contributed by atoms with Crippen LogP contribution in [0.4, 0.5) is 22.7 Å². The van der Waals surface area contributed by atoms with Gasteiger partial charge in [-0.1, -0.05) is 181 Å². The largest absolute Gasteiger partial charge is 0.489 e. The van der Waals surface area contributed by atoms with Crippen LogP contribution in [0.5, 0.6) is 23.0 Å². The monoisotopic (exact) mass is 1560 g/mol. The SMILES string of the molecule is CC(C)CCCC(C)C1CCC2C3CCC4CC(c5ccc(OC(=O)c6ccc(N)cc6)cc5)(c5ccc(OC(=O)c6ccc(N)cc6)cc5)CCC4(C)C3CCC12C.CC(C)CCCC(C)C1CCC2C3CCC4CC(c5ccc(OCc6ccc(N)cc6)cc5)(c5ccc(OCc6ccc(N)cc6)cc5)CCC4(C)C3CCC12C. The molecule has 10 nitrogen and oxygen atoms in total. The molecule has 8 aromatic rings. The molecule has 0 radical (unpaired) electrons. The van der Waals surface area contributed by atoms with Gasteiger partial charge in [0.05, 0.1) is 11.1 Å². The molecule has 8 aliphatic carbocycles. The van der Waals surface area contributed by atoms with Gasteiger partial charge >= 0.3 is 11.9 Å². The van der Waals surface area contributed by atoms with Gasteiger partial charge in [-0.15, -0.1) is 0 Å². The molecule has 0 amide bonds. The minimum absolute atomic E-state index is 0.0466. The first-order valence-electron chi connectivity index (χ1n) is 45.3. The van der Waals surface area contributed by atoms with Crippen LogP contribution in [0.3, 0.4) is 0 Å². The van der Waals surface area contributed by atoms with Gasteiger partial charge in [-0.3, -0.25) is 0 Å². The molecule has 0 heterocycles. The normalized spacial score (nSPS) is 29.2. The van der Waals surface area contributed by atoms with Crippen molar-refractivity contribution in [1.29, 1.82) is 0 Å². The van der Waals surface area contributed by atoms with E-state index in [2.05, 4.69) is 142 Å². The zero-order valence-corrected chi connectivity index (χ0v) is 71.7. The van der Waals surface area contributed by atoms with Gasteiger partial charge in [0.25, 0.3) is 0 Å². The summed E-state index contributed by atoms with van der Waals surface area (Å²) in [6, 6.07) is 64.3. The topological polar surface area (TPSA) is 175 Å². The quantitative estimate of drug-likeness (QED) is 0.0259. The van der Waals surface area contributed by atoms with Crippen LogP contribution in [-0.4, -0.2) is 11.9 Å². The summed E-state index contributed by atoms with van der Waals surface area (Å²) in [5.74, 6) is 13.6. The molecule has 8 fully saturated rings. The van der Waals surface area contributed by atoms with Crippen molar-refractivity contribution >= 4 is 34.7 Å². The molecule has 8 N–H and O–H groups in total. The number of hydrogen-bond donors (Lipinski definition) is 4. The maximum absolute atomic E-state index is 13.0. The smallest absolute Gasteiger partial charge is 0.343 e. The van der Waals surface area contributed by atoms with E-state index in [9.17, 15) is 9.59 Å². The Morgan fingerprint density at radius 2 is 0.647 bits per heavy atom. The zero-order valence-electron chi connectivity index (χ0n) is 71.7. The van der Waals surface area contributed by atoms with Crippen molar-refractivity contribution in [3.05, 3.63) is 239 Å². The van der Waals surface area contributed by atoms with Crippen LogP contribution in [0.2, 0.25) is 0 Å². The Bertz CT molecular complexity index is 4400. The number of nitrogen functional groups attached to an aromatic ring is 4. The second-order valence-corrected chi connectivity index (χ2v) is 40.1. The molecule has 616 valence electrons. The van der Waals surface area contributed by atoms with Crippen molar-refractivity contribution in [3.63, 3.8) is 0 Å². The molecular weight excluding hydrogens is 1430 g/mol. The number of hydrogen-bond acceptors (Lipinski definition) is 10. The summed E-state index contributed by atoms with van der Waals surface area (Å²) in [5.41, 5.74) is 36.2. The number of anilines is 4. The van der Waals surface area contributed by atoms with Gasteiger partial charge in [0.2, 0.25) is 0 Å². The third kappa shape index (κ3) is 16.8. The number of benzene rings is 8. The Hall–Kier alpha value is -8.50. The molecule has 116 heavy (non-hydrogen) atoms. The average Bonchev–Trinajstić information content (AvgIpc) is 1.26. The average molecular weight is 1560 g/mol. The van der Waals surface area contributed by atoms with Crippen molar-refractivity contribution in [2.24, 2.45) is 105 Å². The van der Waals surface area contributed by atoms with E-state index in [0.29, 0.717) is 80.7 Å². The lowest BCUT2D eigenvalue weighted by molar-refractivity contribution is -0.122. The Balaban J connectivity index is 0.000000182. The number of fused-ring (bicyclic) bond motifs is 10. The fourth-order valence-corrected chi connectivity index (χ4v) is 26.5. The minimum atomic E-state index is -0.403. The van der Waals surface area contributed by atoms with Crippen molar-refractivity contribution in [2.75, 3.05) is 22.9 Å². The summed E-state index contributed by atoms with van der Waals surface area (Å²) >= 11 is 0. The Morgan fingerprint density at radius 1 is 0.336 bits per heavy atom. The third-order valence-electron chi connectivity index (χ3n) is 33.0. The molecule has 0 saturated heterocycles. The molecule has 0 aromatic heterocycles. The fraction of sp³-hybridized carbons (Fsp3) is 0.528. The van der Waals surface area contributed by atoms with E-state index in [-0.39, 0.29) is 10.8 Å². The van der Waals surface area contributed by atoms with Gasteiger partial charge in [0.1, 0.15) is 36.2 Å².